The van der Waals surface area contributed by atoms with E-state index in [2.05, 4.69) is 16.5 Å². The summed E-state index contributed by atoms with van der Waals surface area (Å²) >= 11 is 0. The van der Waals surface area contributed by atoms with Gasteiger partial charge >= 0.3 is 0 Å². The highest BCUT2D eigenvalue weighted by Crippen LogP contribution is 2.34. The molecule has 0 aliphatic carbocycles. The summed E-state index contributed by atoms with van der Waals surface area (Å²) in [6.07, 6.45) is 4.42. The fourth-order valence-corrected chi connectivity index (χ4v) is 2.33. The summed E-state index contributed by atoms with van der Waals surface area (Å²) in [5, 5.41) is 0. The van der Waals surface area contributed by atoms with Crippen molar-refractivity contribution in [3.63, 3.8) is 0 Å². The minimum absolute atomic E-state index is 0.187. The van der Waals surface area contributed by atoms with Crippen molar-refractivity contribution < 1.29 is 9.47 Å². The molecule has 1 aromatic heterocycles. The normalized spacial score (nSPS) is 12.2. The largest absolute Gasteiger partial charge is 0.493 e. The van der Waals surface area contributed by atoms with Crippen LogP contribution in [0, 0.1) is 0 Å². The fourth-order valence-electron chi connectivity index (χ4n) is 2.33. The highest BCUT2D eigenvalue weighted by molar-refractivity contribution is 5.48. The minimum Gasteiger partial charge on any atom is -0.493 e. The highest BCUT2D eigenvalue weighted by Gasteiger charge is 2.17. The molecular formula is C15H21N3O2. The number of ether oxygens (including phenoxy) is 2. The molecule has 0 saturated carbocycles. The molecule has 5 nitrogen and oxygen atoms in total. The smallest absolute Gasteiger partial charge is 0.165 e. The van der Waals surface area contributed by atoms with E-state index in [9.17, 15) is 0 Å². The van der Waals surface area contributed by atoms with Crippen LogP contribution >= 0.6 is 0 Å². The van der Waals surface area contributed by atoms with Gasteiger partial charge in [-0.05, 0) is 13.0 Å². The Morgan fingerprint density at radius 1 is 1.30 bits per heavy atom. The molecule has 1 unspecified atom stereocenters. The number of nitrogens with zero attached hydrogens (tertiary/aromatic N) is 2. The Bertz CT molecular complexity index is 566. The lowest BCUT2D eigenvalue weighted by molar-refractivity contribution is 0.349. The van der Waals surface area contributed by atoms with Gasteiger partial charge in [0.25, 0.3) is 0 Å². The molecule has 0 spiro atoms. The van der Waals surface area contributed by atoms with Crippen LogP contribution in [0.1, 0.15) is 24.4 Å². The summed E-state index contributed by atoms with van der Waals surface area (Å²) in [4.78, 5) is 4.36. The molecule has 1 aromatic carbocycles. The molecule has 0 aliphatic heterocycles. The number of hydrogen-bond acceptors (Lipinski definition) is 4. The molecule has 5 heteroatoms. The van der Waals surface area contributed by atoms with E-state index in [1.807, 2.05) is 24.4 Å². The zero-order chi connectivity index (χ0) is 14.5. The molecule has 0 amide bonds. The average Bonchev–Trinajstić information content (AvgIpc) is 2.93. The molecule has 20 heavy (non-hydrogen) atoms. The van der Waals surface area contributed by atoms with Crippen molar-refractivity contribution in [1.29, 1.82) is 0 Å². The van der Waals surface area contributed by atoms with Gasteiger partial charge in [-0.2, -0.15) is 0 Å². The predicted molar refractivity (Wildman–Crippen MR) is 78.1 cm³/mol. The monoisotopic (exact) mass is 275 g/mol. The minimum atomic E-state index is -0.187. The molecule has 2 aromatic rings. The average molecular weight is 275 g/mol. The van der Waals surface area contributed by atoms with E-state index in [4.69, 9.17) is 15.2 Å². The molecule has 0 bridgehead atoms. The van der Waals surface area contributed by atoms with Crippen molar-refractivity contribution in [2.24, 2.45) is 5.73 Å². The maximum absolute atomic E-state index is 6.32. The number of aromatic nitrogens is 2. The van der Waals surface area contributed by atoms with Gasteiger partial charge in [-0.15, -0.1) is 0 Å². The van der Waals surface area contributed by atoms with Crippen molar-refractivity contribution in [2.45, 2.75) is 25.9 Å². The lowest BCUT2D eigenvalue weighted by Crippen LogP contribution is -2.17. The van der Waals surface area contributed by atoms with Crippen LogP contribution in [-0.4, -0.2) is 23.8 Å². The number of rotatable bonds is 6. The summed E-state index contributed by atoms with van der Waals surface area (Å²) in [6, 6.07) is 5.56. The molecular weight excluding hydrogens is 254 g/mol. The third-order valence-electron chi connectivity index (χ3n) is 3.38. The third kappa shape index (κ3) is 2.77. The Balaban J connectivity index is 2.27. The van der Waals surface area contributed by atoms with Crippen LogP contribution in [0.5, 0.6) is 11.5 Å². The van der Waals surface area contributed by atoms with Crippen LogP contribution in [0.4, 0.5) is 0 Å². The van der Waals surface area contributed by atoms with Crippen LogP contribution in [0.2, 0.25) is 0 Å². The van der Waals surface area contributed by atoms with E-state index in [0.717, 1.165) is 17.9 Å². The Morgan fingerprint density at radius 3 is 2.75 bits per heavy atom. The maximum Gasteiger partial charge on any atom is 0.165 e. The van der Waals surface area contributed by atoms with E-state index in [1.165, 1.54) is 0 Å². The van der Waals surface area contributed by atoms with E-state index >= 15 is 0 Å². The topological polar surface area (TPSA) is 62.3 Å². The van der Waals surface area contributed by atoms with Crippen molar-refractivity contribution in [1.82, 2.24) is 9.55 Å². The van der Waals surface area contributed by atoms with Crippen molar-refractivity contribution in [3.8, 4) is 11.5 Å². The number of hydrogen-bond donors (Lipinski definition) is 1. The first kappa shape index (κ1) is 14.4. The number of nitrogens with two attached hydrogens (primary N) is 1. The first-order valence-corrected chi connectivity index (χ1v) is 6.67. The number of para-hydroxylation sites is 1. The Kier molecular flexibility index (Phi) is 4.63. The lowest BCUT2D eigenvalue weighted by atomic mass is 10.0. The van der Waals surface area contributed by atoms with Gasteiger partial charge in [-0.25, -0.2) is 4.98 Å². The maximum atomic E-state index is 6.32. The zero-order valence-electron chi connectivity index (χ0n) is 12.2. The Labute approximate surface area is 119 Å². The zero-order valence-corrected chi connectivity index (χ0v) is 12.2. The Morgan fingerprint density at radius 2 is 2.10 bits per heavy atom. The van der Waals surface area contributed by atoms with Gasteiger partial charge in [0.1, 0.15) is 5.82 Å². The van der Waals surface area contributed by atoms with Gasteiger partial charge in [0.05, 0.1) is 14.2 Å². The summed E-state index contributed by atoms with van der Waals surface area (Å²) < 4.78 is 12.8. The Hall–Kier alpha value is -2.01. The van der Waals surface area contributed by atoms with E-state index in [1.54, 1.807) is 20.4 Å². The van der Waals surface area contributed by atoms with E-state index in [-0.39, 0.29) is 6.04 Å². The first-order valence-electron chi connectivity index (χ1n) is 6.67. The summed E-state index contributed by atoms with van der Waals surface area (Å²) in [5.41, 5.74) is 7.25. The third-order valence-corrected chi connectivity index (χ3v) is 3.38. The second-order valence-corrected chi connectivity index (χ2v) is 4.52. The van der Waals surface area contributed by atoms with Crippen molar-refractivity contribution in [3.05, 3.63) is 42.0 Å². The molecule has 0 aliphatic rings. The second kappa shape index (κ2) is 6.43. The predicted octanol–water partition coefficient (Wildman–Crippen LogP) is 2.16. The molecule has 2 N–H and O–H groups in total. The van der Waals surface area contributed by atoms with Gasteiger partial charge in [0.15, 0.2) is 11.5 Å². The van der Waals surface area contributed by atoms with Crippen molar-refractivity contribution >= 4 is 0 Å². The van der Waals surface area contributed by atoms with Crippen LogP contribution in [-0.2, 0) is 13.0 Å². The van der Waals surface area contributed by atoms with Crippen LogP contribution in [0.25, 0.3) is 0 Å². The summed E-state index contributed by atoms with van der Waals surface area (Å²) in [5.74, 6) is 2.36. The van der Waals surface area contributed by atoms with E-state index in [0.29, 0.717) is 17.9 Å². The molecule has 0 radical (unpaired) electrons. The second-order valence-electron chi connectivity index (χ2n) is 4.52. The summed E-state index contributed by atoms with van der Waals surface area (Å²) in [7, 11) is 3.25. The summed E-state index contributed by atoms with van der Waals surface area (Å²) in [6.45, 7) is 2.97. The van der Waals surface area contributed by atoms with Gasteiger partial charge < -0.3 is 19.8 Å². The number of aryl methyl sites for hydroxylation is 1. The molecule has 0 fully saturated rings. The number of imidazole rings is 1. The highest BCUT2D eigenvalue weighted by atomic mass is 16.5. The van der Waals surface area contributed by atoms with Gasteiger partial charge in [0, 0.05) is 37.0 Å². The SMILES string of the molecule is CCn1ccnc1CC(N)c1cccc(OC)c1OC. The number of methoxy groups -OCH3 is 2. The number of benzene rings is 1. The van der Waals surface area contributed by atoms with Crippen LogP contribution < -0.4 is 15.2 Å². The molecule has 1 heterocycles. The van der Waals surface area contributed by atoms with Gasteiger partial charge in [-0.3, -0.25) is 0 Å². The van der Waals surface area contributed by atoms with Crippen molar-refractivity contribution in [2.75, 3.05) is 14.2 Å². The van der Waals surface area contributed by atoms with E-state index < -0.39 is 0 Å². The lowest BCUT2D eigenvalue weighted by Gasteiger charge is -2.18. The van der Waals surface area contributed by atoms with Gasteiger partial charge in [0.2, 0.25) is 0 Å². The fraction of sp³-hybridized carbons (Fsp3) is 0.400. The first-order chi connectivity index (χ1) is 9.71. The molecule has 2 rings (SSSR count). The molecule has 1 atom stereocenters. The van der Waals surface area contributed by atoms with Crippen LogP contribution in [0.3, 0.4) is 0 Å². The molecule has 0 saturated heterocycles. The molecule has 108 valence electrons. The quantitative estimate of drug-likeness (QED) is 0.877. The van der Waals surface area contributed by atoms with Crippen LogP contribution in [0.15, 0.2) is 30.6 Å². The van der Waals surface area contributed by atoms with Gasteiger partial charge in [-0.1, -0.05) is 12.1 Å². The standard InChI is InChI=1S/C15H21N3O2/c1-4-18-9-8-17-14(18)10-12(16)11-6-5-7-13(19-2)15(11)20-3/h5-9,12H,4,10,16H2,1-3H3.